The van der Waals surface area contributed by atoms with E-state index in [-0.39, 0.29) is 92.6 Å². The van der Waals surface area contributed by atoms with Crippen LogP contribution in [0.4, 0.5) is 0 Å². The summed E-state index contributed by atoms with van der Waals surface area (Å²) < 4.78 is 0. The molecule has 306 valence electrons. The lowest BCUT2D eigenvalue weighted by Crippen LogP contribution is -2.31. The summed E-state index contributed by atoms with van der Waals surface area (Å²) in [6.45, 7) is 1.81. The van der Waals surface area contributed by atoms with Crippen molar-refractivity contribution < 1.29 is 49.2 Å². The Kier molecular flexibility index (Phi) is 15.2. The summed E-state index contributed by atoms with van der Waals surface area (Å²) in [5.74, 6) is -2.74. The van der Waals surface area contributed by atoms with Gasteiger partial charge in [-0.3, -0.25) is 28.8 Å². The van der Waals surface area contributed by atoms with Gasteiger partial charge in [0.25, 0.3) is 0 Å². The molecule has 0 saturated carbocycles. The number of likely N-dealkylation sites (N-methyl/N-ethyl adjacent to an activating group) is 4. The molecule has 6 rings (SSSR count). The third-order valence-electron chi connectivity index (χ3n) is 9.51. The predicted octanol–water partition coefficient (Wildman–Crippen LogP) is 1.49. The molecular formula is C42H48N6O10. The van der Waals surface area contributed by atoms with E-state index in [1.165, 1.54) is 12.1 Å². The lowest BCUT2D eigenvalue weighted by atomic mass is 9.83. The van der Waals surface area contributed by atoms with E-state index in [2.05, 4.69) is 31.9 Å². The van der Waals surface area contributed by atoms with Crippen LogP contribution in [0.5, 0.6) is 23.0 Å². The van der Waals surface area contributed by atoms with Crippen LogP contribution < -0.4 is 31.9 Å². The van der Waals surface area contributed by atoms with Gasteiger partial charge in [0.05, 0.1) is 22.3 Å². The van der Waals surface area contributed by atoms with Gasteiger partial charge in [-0.1, -0.05) is 24.3 Å². The van der Waals surface area contributed by atoms with Crippen molar-refractivity contribution in [2.45, 2.75) is 13.1 Å². The number of allylic oxidation sites excluding steroid dienone is 2. The van der Waals surface area contributed by atoms with Crippen molar-refractivity contribution in [3.63, 3.8) is 0 Å². The third kappa shape index (κ3) is 8.72. The average Bonchev–Trinajstić information content (AvgIpc) is 3.20. The maximum absolute atomic E-state index is 12.4. The van der Waals surface area contributed by atoms with Crippen LogP contribution >= 0.6 is 0 Å². The number of phenolic OH excluding ortho intramolecular Hbond substituents is 4. The number of Topliss-reactive ketones (excluding diaryl/α,β-unsaturated/α-hetero) is 4. The number of aromatic hydroxyl groups is 4. The third-order valence-corrected chi connectivity index (χ3v) is 9.51. The van der Waals surface area contributed by atoms with Gasteiger partial charge in [-0.05, 0) is 66.6 Å². The zero-order valence-electron chi connectivity index (χ0n) is 33.1. The predicted molar refractivity (Wildman–Crippen MR) is 216 cm³/mol. The van der Waals surface area contributed by atoms with Gasteiger partial charge in [-0.15, -0.1) is 0 Å². The highest BCUT2D eigenvalue weighted by atomic mass is 16.3. The second kappa shape index (κ2) is 19.8. The number of nitrogens with one attached hydrogen (secondary N) is 6. The Morgan fingerprint density at radius 3 is 0.983 bits per heavy atom. The van der Waals surface area contributed by atoms with Gasteiger partial charge in [0.15, 0.2) is 34.7 Å². The topological polar surface area (TPSA) is 256 Å². The van der Waals surface area contributed by atoms with Gasteiger partial charge in [-0.2, -0.15) is 0 Å². The van der Waals surface area contributed by atoms with E-state index < -0.39 is 11.6 Å². The number of fused-ring (bicyclic) bond motifs is 3. The lowest BCUT2D eigenvalue weighted by Gasteiger charge is -2.21. The van der Waals surface area contributed by atoms with Crippen LogP contribution in [-0.4, -0.2) is 124 Å². The monoisotopic (exact) mass is 796 g/mol. The summed E-state index contributed by atoms with van der Waals surface area (Å²) in [4.78, 5) is 73.4. The maximum Gasteiger partial charge on any atom is 0.195 e. The Labute approximate surface area is 335 Å². The van der Waals surface area contributed by atoms with E-state index in [1.807, 2.05) is 0 Å². The number of benzene rings is 3. The van der Waals surface area contributed by atoms with Crippen LogP contribution in [0.25, 0.3) is 0 Å². The molecule has 16 heteroatoms. The Bertz CT molecular complexity index is 2120. The number of carbonyl (C=O) groups excluding carboxylic acids is 6. The second-order valence-electron chi connectivity index (χ2n) is 13.3. The van der Waals surface area contributed by atoms with Crippen molar-refractivity contribution in [2.24, 2.45) is 0 Å². The molecule has 3 aromatic rings. The molecule has 0 fully saturated rings. The number of hydrogen-bond acceptors (Lipinski definition) is 16. The van der Waals surface area contributed by atoms with Gasteiger partial charge in [0.1, 0.15) is 23.0 Å². The van der Waals surface area contributed by atoms with Gasteiger partial charge in [0.2, 0.25) is 0 Å². The molecule has 0 heterocycles. The lowest BCUT2D eigenvalue weighted by molar-refractivity contribution is 0.0968. The Balaban J connectivity index is 0.000000193. The zero-order valence-corrected chi connectivity index (χ0v) is 33.1. The fourth-order valence-electron chi connectivity index (χ4n) is 6.92. The first-order valence-electron chi connectivity index (χ1n) is 18.3. The summed E-state index contributed by atoms with van der Waals surface area (Å²) in [5, 5.41) is 57.5. The minimum absolute atomic E-state index is 0.109. The number of carbonyl (C=O) groups is 6. The van der Waals surface area contributed by atoms with Crippen LogP contribution in [-0.2, 0) is 13.1 Å². The molecule has 16 nitrogen and oxygen atoms in total. The quantitative estimate of drug-likeness (QED) is 0.117. The molecule has 58 heavy (non-hydrogen) atoms. The first kappa shape index (κ1) is 44.6. The van der Waals surface area contributed by atoms with Crippen molar-refractivity contribution in [3.8, 4) is 23.0 Å². The van der Waals surface area contributed by atoms with Crippen molar-refractivity contribution in [1.82, 2.24) is 31.9 Å². The van der Waals surface area contributed by atoms with Gasteiger partial charge >= 0.3 is 0 Å². The largest absolute Gasteiger partial charge is 0.507 e. The molecule has 0 saturated heterocycles. The van der Waals surface area contributed by atoms with E-state index in [1.54, 1.807) is 66.6 Å². The van der Waals surface area contributed by atoms with E-state index in [0.29, 0.717) is 59.6 Å². The molecule has 0 radical (unpaired) electrons. The fraction of sp³-hybridized carbons (Fsp3) is 0.286. The summed E-state index contributed by atoms with van der Waals surface area (Å²) in [7, 11) is 10.2. The highest BCUT2D eigenvalue weighted by Crippen LogP contribution is 2.40. The highest BCUT2D eigenvalue weighted by Gasteiger charge is 2.35. The minimum Gasteiger partial charge on any atom is -0.507 e. The van der Waals surface area contributed by atoms with Gasteiger partial charge in [-0.25, -0.2) is 0 Å². The zero-order chi connectivity index (χ0) is 42.8. The molecule has 0 spiro atoms. The molecule has 0 atom stereocenters. The molecule has 3 aliphatic carbocycles. The van der Waals surface area contributed by atoms with E-state index in [0.717, 1.165) is 12.2 Å². The van der Waals surface area contributed by atoms with Crippen LogP contribution in [0, 0.1) is 0 Å². The number of ketones is 6. The first-order valence-corrected chi connectivity index (χ1v) is 18.3. The van der Waals surface area contributed by atoms with Gasteiger partial charge in [0, 0.05) is 83.8 Å². The molecule has 0 bridgehead atoms. The molecule has 3 aromatic carbocycles. The standard InChI is InChI=1S/C14H16N2O4.2C14H16N2O3/c1-15-5-7-8(6-16-2)14(20)12-10(18)4-3-9(17)11(12)13(7)19;2*1-15-6-9-10(7-16-2)14(19)12-8(13(9)18)4-3-5-11(12)17/h3-4,15-16,19-20H,5-6H2,1-2H3;2*3-5,15-17H,6-7H2,1-2H3. The number of rotatable bonds is 12. The van der Waals surface area contributed by atoms with Crippen molar-refractivity contribution in [1.29, 1.82) is 0 Å². The molecule has 3 aliphatic rings. The molecule has 0 unspecified atom stereocenters. The average molecular weight is 797 g/mol. The summed E-state index contributed by atoms with van der Waals surface area (Å²) in [5.41, 5.74) is 3.08. The molecule has 0 aromatic heterocycles. The minimum atomic E-state index is -0.485. The molecule has 0 aliphatic heterocycles. The van der Waals surface area contributed by atoms with Crippen molar-refractivity contribution in [2.75, 3.05) is 68.5 Å². The normalized spacial score (nSPS) is 14.4. The number of phenols is 4. The Morgan fingerprint density at radius 1 is 0.397 bits per heavy atom. The van der Waals surface area contributed by atoms with E-state index in [4.69, 9.17) is 0 Å². The molecule has 10 N–H and O–H groups in total. The fourth-order valence-corrected chi connectivity index (χ4v) is 6.92. The van der Waals surface area contributed by atoms with Crippen molar-refractivity contribution in [3.05, 3.63) is 115 Å². The van der Waals surface area contributed by atoms with Crippen LogP contribution in [0.1, 0.15) is 73.3 Å². The van der Waals surface area contributed by atoms with E-state index >= 15 is 0 Å². The first-order chi connectivity index (χ1) is 27.7. The second-order valence-corrected chi connectivity index (χ2v) is 13.3. The Hall–Kier alpha value is -6.14. The summed E-state index contributed by atoms with van der Waals surface area (Å²) in [6, 6.07) is 9.12. The van der Waals surface area contributed by atoms with E-state index in [9.17, 15) is 49.2 Å². The van der Waals surface area contributed by atoms with Gasteiger partial charge < -0.3 is 52.3 Å². The van der Waals surface area contributed by atoms with Crippen LogP contribution in [0.15, 0.2) is 70.8 Å². The smallest absolute Gasteiger partial charge is 0.195 e. The Morgan fingerprint density at radius 2 is 0.690 bits per heavy atom. The van der Waals surface area contributed by atoms with Crippen molar-refractivity contribution >= 4 is 34.7 Å². The van der Waals surface area contributed by atoms with Crippen LogP contribution in [0.2, 0.25) is 0 Å². The maximum atomic E-state index is 12.4. The highest BCUT2D eigenvalue weighted by molar-refractivity contribution is 6.29. The summed E-state index contributed by atoms with van der Waals surface area (Å²) in [6.07, 6.45) is 2.20. The number of hydrogen-bond donors (Lipinski definition) is 10. The van der Waals surface area contributed by atoms with Crippen LogP contribution in [0.3, 0.4) is 0 Å². The SMILES string of the molecule is CNCC1=C(CNC)C(=O)c2c(O)cccc2C1=O.CNCC1=C(CNC)C(=O)c2c(O)cccc2C1=O.CNCc1c(O)c2c(c(O)c1CNC)C(=O)C=CC2=O. The molecular weight excluding hydrogens is 748 g/mol. The summed E-state index contributed by atoms with van der Waals surface area (Å²) >= 11 is 0. The molecule has 0 amide bonds.